The first-order valence-electron chi connectivity index (χ1n) is 7.17. The molecular weight excluding hydrogens is 350 g/mol. The second-order valence-corrected chi connectivity index (χ2v) is 7.29. The van der Waals surface area contributed by atoms with E-state index >= 15 is 0 Å². The van der Waals surface area contributed by atoms with Crippen molar-refractivity contribution >= 4 is 33.2 Å². The fraction of sp³-hybridized carbons (Fsp3) is 0.188. The fourth-order valence-electron chi connectivity index (χ4n) is 1.98. The number of halogens is 1. The van der Waals surface area contributed by atoms with Crippen LogP contribution >= 0.6 is 11.6 Å². The number of hydrogen-bond acceptors (Lipinski definition) is 4. The minimum absolute atomic E-state index is 0.0537. The van der Waals surface area contributed by atoms with Crippen molar-refractivity contribution in [1.82, 2.24) is 5.32 Å². The maximum Gasteiger partial charge on any atom is 0.241 e. The van der Waals surface area contributed by atoms with Gasteiger partial charge in [-0.1, -0.05) is 29.8 Å². The topological polar surface area (TPSA) is 101 Å². The molecule has 2 aromatic carbocycles. The SMILES string of the molecule is C[C@H](NCc1ccc(S(N)(=O)=O)cc1)C(=O)Nc1cccc(Cl)c1. The number of nitrogens with one attached hydrogen (secondary N) is 2. The number of nitrogens with two attached hydrogens (primary N) is 1. The van der Waals surface area contributed by atoms with Gasteiger partial charge < -0.3 is 10.6 Å². The molecule has 0 saturated heterocycles. The number of amides is 1. The molecule has 0 saturated carbocycles. The summed E-state index contributed by atoms with van der Waals surface area (Å²) in [5, 5.41) is 11.4. The van der Waals surface area contributed by atoms with Gasteiger partial charge in [0.05, 0.1) is 10.9 Å². The van der Waals surface area contributed by atoms with E-state index < -0.39 is 16.1 Å². The van der Waals surface area contributed by atoms with Crippen LogP contribution in [0, 0.1) is 0 Å². The normalized spacial score (nSPS) is 12.6. The molecule has 4 N–H and O–H groups in total. The Morgan fingerprint density at radius 2 is 1.88 bits per heavy atom. The first-order chi connectivity index (χ1) is 11.3. The lowest BCUT2D eigenvalue weighted by Gasteiger charge is -2.14. The van der Waals surface area contributed by atoms with Crippen molar-refractivity contribution in [3.8, 4) is 0 Å². The highest BCUT2D eigenvalue weighted by Gasteiger charge is 2.13. The molecule has 1 atom stereocenters. The van der Waals surface area contributed by atoms with Gasteiger partial charge in [0.1, 0.15) is 0 Å². The third-order valence-corrected chi connectivity index (χ3v) is 4.51. The average molecular weight is 368 g/mol. The van der Waals surface area contributed by atoms with Crippen molar-refractivity contribution in [3.05, 3.63) is 59.1 Å². The van der Waals surface area contributed by atoms with E-state index in [0.29, 0.717) is 17.3 Å². The number of rotatable bonds is 6. The molecule has 0 spiro atoms. The molecule has 0 unspecified atom stereocenters. The van der Waals surface area contributed by atoms with Crippen LogP contribution in [0.5, 0.6) is 0 Å². The highest BCUT2D eigenvalue weighted by Crippen LogP contribution is 2.15. The van der Waals surface area contributed by atoms with Crippen molar-refractivity contribution in [1.29, 1.82) is 0 Å². The van der Waals surface area contributed by atoms with E-state index in [4.69, 9.17) is 16.7 Å². The van der Waals surface area contributed by atoms with Gasteiger partial charge in [-0.3, -0.25) is 4.79 Å². The minimum Gasteiger partial charge on any atom is -0.325 e. The van der Waals surface area contributed by atoms with Crippen LogP contribution in [0.3, 0.4) is 0 Å². The van der Waals surface area contributed by atoms with E-state index in [-0.39, 0.29) is 10.8 Å². The van der Waals surface area contributed by atoms with Gasteiger partial charge in [-0.05, 0) is 42.8 Å². The molecule has 2 aromatic rings. The van der Waals surface area contributed by atoms with Crippen molar-refractivity contribution in [3.63, 3.8) is 0 Å². The van der Waals surface area contributed by atoms with E-state index in [9.17, 15) is 13.2 Å². The average Bonchev–Trinajstić information content (AvgIpc) is 2.52. The summed E-state index contributed by atoms with van der Waals surface area (Å²) in [5.74, 6) is -0.196. The minimum atomic E-state index is -3.70. The smallest absolute Gasteiger partial charge is 0.241 e. The zero-order valence-corrected chi connectivity index (χ0v) is 14.6. The summed E-state index contributed by atoms with van der Waals surface area (Å²) in [6.45, 7) is 2.15. The van der Waals surface area contributed by atoms with E-state index in [1.807, 2.05) is 0 Å². The van der Waals surface area contributed by atoms with Crippen molar-refractivity contribution in [2.45, 2.75) is 24.4 Å². The number of primary sulfonamides is 1. The monoisotopic (exact) mass is 367 g/mol. The van der Waals surface area contributed by atoms with Gasteiger partial charge >= 0.3 is 0 Å². The number of anilines is 1. The Morgan fingerprint density at radius 1 is 1.21 bits per heavy atom. The fourth-order valence-corrected chi connectivity index (χ4v) is 2.68. The molecule has 0 aliphatic carbocycles. The molecule has 2 rings (SSSR count). The Bertz CT molecular complexity index is 823. The Labute approximate surface area is 146 Å². The molecular formula is C16H18ClN3O3S. The number of benzene rings is 2. The molecule has 8 heteroatoms. The third-order valence-electron chi connectivity index (χ3n) is 3.35. The molecule has 0 radical (unpaired) electrons. The molecule has 128 valence electrons. The molecule has 1 amide bonds. The van der Waals surface area contributed by atoms with E-state index in [1.165, 1.54) is 12.1 Å². The molecule has 0 fully saturated rings. The summed E-state index contributed by atoms with van der Waals surface area (Å²) in [6.07, 6.45) is 0. The Morgan fingerprint density at radius 3 is 2.46 bits per heavy atom. The highest BCUT2D eigenvalue weighted by molar-refractivity contribution is 7.89. The van der Waals surface area contributed by atoms with Crippen molar-refractivity contribution < 1.29 is 13.2 Å². The van der Waals surface area contributed by atoms with E-state index in [0.717, 1.165) is 5.56 Å². The molecule has 0 heterocycles. The molecule has 0 bridgehead atoms. The molecule has 6 nitrogen and oxygen atoms in total. The van der Waals surface area contributed by atoms with Crippen LogP contribution in [-0.2, 0) is 21.4 Å². The quantitative estimate of drug-likeness (QED) is 0.727. The number of hydrogen-bond donors (Lipinski definition) is 3. The zero-order chi connectivity index (χ0) is 17.7. The number of sulfonamides is 1. The molecule has 24 heavy (non-hydrogen) atoms. The van der Waals surface area contributed by atoms with Gasteiger partial charge in [0, 0.05) is 17.3 Å². The van der Waals surface area contributed by atoms with Crippen LogP contribution in [-0.4, -0.2) is 20.4 Å². The van der Waals surface area contributed by atoms with Gasteiger partial charge in [0.2, 0.25) is 15.9 Å². The summed E-state index contributed by atoms with van der Waals surface area (Å²) >= 11 is 5.88. The van der Waals surface area contributed by atoms with Crippen LogP contribution in [0.1, 0.15) is 12.5 Å². The molecule has 0 aromatic heterocycles. The lowest BCUT2D eigenvalue weighted by molar-refractivity contribution is -0.117. The predicted octanol–water partition coefficient (Wildman–Crippen LogP) is 2.10. The standard InChI is InChI=1S/C16H18ClN3O3S/c1-11(16(21)20-14-4-2-3-13(17)9-14)19-10-12-5-7-15(8-6-12)24(18,22)23/h2-9,11,19H,10H2,1H3,(H,20,21)(H2,18,22,23)/t11-/m0/s1. The summed E-state index contributed by atoms with van der Waals surface area (Å²) in [4.78, 5) is 12.2. The summed E-state index contributed by atoms with van der Waals surface area (Å²) in [5.41, 5.74) is 1.46. The maximum absolute atomic E-state index is 12.1. The van der Waals surface area contributed by atoms with Crippen LogP contribution in [0.2, 0.25) is 5.02 Å². The summed E-state index contributed by atoms with van der Waals surface area (Å²) in [7, 11) is -3.70. The number of carbonyl (C=O) groups is 1. The lowest BCUT2D eigenvalue weighted by Crippen LogP contribution is -2.37. The summed E-state index contributed by atoms with van der Waals surface area (Å²) < 4.78 is 22.4. The van der Waals surface area contributed by atoms with Gasteiger partial charge in [-0.15, -0.1) is 0 Å². The van der Waals surface area contributed by atoms with Gasteiger partial charge in [0.25, 0.3) is 0 Å². The first kappa shape index (κ1) is 18.4. The molecule has 0 aliphatic rings. The second kappa shape index (κ2) is 7.76. The van der Waals surface area contributed by atoms with Crippen LogP contribution in [0.15, 0.2) is 53.4 Å². The van der Waals surface area contributed by atoms with Crippen LogP contribution in [0.25, 0.3) is 0 Å². The van der Waals surface area contributed by atoms with Crippen molar-refractivity contribution in [2.24, 2.45) is 5.14 Å². The van der Waals surface area contributed by atoms with Gasteiger partial charge in [0.15, 0.2) is 0 Å². The summed E-state index contributed by atoms with van der Waals surface area (Å²) in [6, 6.07) is 12.6. The van der Waals surface area contributed by atoms with Gasteiger partial charge in [-0.2, -0.15) is 0 Å². The molecule has 0 aliphatic heterocycles. The Kier molecular flexibility index (Phi) is 5.95. The lowest BCUT2D eigenvalue weighted by atomic mass is 10.2. The zero-order valence-electron chi connectivity index (χ0n) is 13.0. The first-order valence-corrected chi connectivity index (χ1v) is 9.10. The van der Waals surface area contributed by atoms with Crippen LogP contribution in [0.4, 0.5) is 5.69 Å². The van der Waals surface area contributed by atoms with Crippen molar-refractivity contribution in [2.75, 3.05) is 5.32 Å². The third kappa shape index (κ3) is 5.31. The largest absolute Gasteiger partial charge is 0.325 e. The predicted molar refractivity (Wildman–Crippen MR) is 94.2 cm³/mol. The van der Waals surface area contributed by atoms with Gasteiger partial charge in [-0.25, -0.2) is 13.6 Å². The Balaban J connectivity index is 1.90. The second-order valence-electron chi connectivity index (χ2n) is 5.29. The maximum atomic E-state index is 12.1. The highest BCUT2D eigenvalue weighted by atomic mass is 35.5. The van der Waals surface area contributed by atoms with Crippen LogP contribution < -0.4 is 15.8 Å². The van der Waals surface area contributed by atoms with E-state index in [1.54, 1.807) is 43.3 Å². The van der Waals surface area contributed by atoms with E-state index in [2.05, 4.69) is 10.6 Å². The number of carbonyl (C=O) groups excluding carboxylic acids is 1. The Hall–Kier alpha value is -1.93.